The second-order valence-electron chi connectivity index (χ2n) is 5.71. The van der Waals surface area contributed by atoms with Gasteiger partial charge in [-0.15, -0.1) is 0 Å². The van der Waals surface area contributed by atoms with Gasteiger partial charge in [0, 0.05) is 37.4 Å². The van der Waals surface area contributed by atoms with E-state index in [1.165, 1.54) is 12.1 Å². The van der Waals surface area contributed by atoms with Crippen LogP contribution in [0.15, 0.2) is 12.1 Å². The lowest BCUT2D eigenvalue weighted by Crippen LogP contribution is -2.44. The van der Waals surface area contributed by atoms with Crippen LogP contribution >= 0.6 is 0 Å². The summed E-state index contributed by atoms with van der Waals surface area (Å²) in [6.45, 7) is 2.92. The van der Waals surface area contributed by atoms with Gasteiger partial charge >= 0.3 is 0 Å². The van der Waals surface area contributed by atoms with Gasteiger partial charge in [0.15, 0.2) is 0 Å². The van der Waals surface area contributed by atoms with E-state index in [4.69, 9.17) is 0 Å². The Balaban J connectivity index is 1.88. The molecule has 1 aromatic carbocycles. The van der Waals surface area contributed by atoms with Crippen molar-refractivity contribution in [2.45, 2.75) is 25.0 Å². The van der Waals surface area contributed by atoms with Crippen LogP contribution in [0.25, 0.3) is 0 Å². The van der Waals surface area contributed by atoms with E-state index in [-0.39, 0.29) is 18.4 Å². The van der Waals surface area contributed by atoms with Crippen molar-refractivity contribution >= 4 is 11.6 Å². The fourth-order valence-corrected chi connectivity index (χ4v) is 3.08. The number of piperazine rings is 1. The van der Waals surface area contributed by atoms with Gasteiger partial charge < -0.3 is 20.6 Å². The zero-order chi connectivity index (χ0) is 15.7. The van der Waals surface area contributed by atoms with Gasteiger partial charge in [-0.2, -0.15) is 0 Å². The summed E-state index contributed by atoms with van der Waals surface area (Å²) in [6.07, 6.45) is -0.419. The first-order valence-electron chi connectivity index (χ1n) is 7.49. The van der Waals surface area contributed by atoms with Crippen molar-refractivity contribution in [1.29, 1.82) is 0 Å². The van der Waals surface area contributed by atoms with Gasteiger partial charge in [0.05, 0.1) is 5.92 Å². The summed E-state index contributed by atoms with van der Waals surface area (Å²) in [4.78, 5) is 13.8. The normalized spacial score (nSPS) is 26.0. The smallest absolute Gasteiger partial charge is 0.229 e. The van der Waals surface area contributed by atoms with Crippen molar-refractivity contribution in [1.82, 2.24) is 10.6 Å². The van der Waals surface area contributed by atoms with Crippen LogP contribution in [-0.2, 0) is 4.79 Å². The van der Waals surface area contributed by atoms with Crippen LogP contribution in [0.5, 0.6) is 0 Å². The lowest BCUT2D eigenvalue weighted by Gasteiger charge is -2.31. The lowest BCUT2D eigenvalue weighted by molar-refractivity contribution is -0.128. The predicted octanol–water partition coefficient (Wildman–Crippen LogP) is 0.686. The van der Waals surface area contributed by atoms with Crippen molar-refractivity contribution in [3.63, 3.8) is 0 Å². The Kier molecular flexibility index (Phi) is 4.26. The zero-order valence-corrected chi connectivity index (χ0v) is 12.1. The summed E-state index contributed by atoms with van der Waals surface area (Å²) in [7, 11) is 0. The number of aliphatic hydroxyl groups is 1. The number of hydrogen-bond acceptors (Lipinski definition) is 4. The van der Waals surface area contributed by atoms with Gasteiger partial charge in [0.25, 0.3) is 0 Å². The molecule has 2 aliphatic heterocycles. The van der Waals surface area contributed by atoms with E-state index in [2.05, 4.69) is 10.6 Å². The second-order valence-corrected chi connectivity index (χ2v) is 5.71. The number of aliphatic hydroxyl groups excluding tert-OH is 1. The summed E-state index contributed by atoms with van der Waals surface area (Å²) in [5, 5.41) is 14.9. The molecule has 0 spiro atoms. The largest absolute Gasteiger partial charge is 0.374 e. The summed E-state index contributed by atoms with van der Waals surface area (Å²) in [5.41, 5.74) is 0.291. The van der Waals surface area contributed by atoms with Crippen LogP contribution in [0.1, 0.15) is 24.3 Å². The third-order valence-corrected chi connectivity index (χ3v) is 4.25. The topological polar surface area (TPSA) is 64.6 Å². The van der Waals surface area contributed by atoms with Crippen LogP contribution in [0.3, 0.4) is 0 Å². The number of nitrogens with one attached hydrogen (secondary N) is 2. The summed E-state index contributed by atoms with van der Waals surface area (Å²) >= 11 is 0. The molecule has 2 saturated heterocycles. The highest BCUT2D eigenvalue weighted by molar-refractivity contribution is 5.84. The van der Waals surface area contributed by atoms with Gasteiger partial charge in [-0.05, 0) is 25.0 Å². The fourth-order valence-electron chi connectivity index (χ4n) is 3.08. The van der Waals surface area contributed by atoms with Crippen LogP contribution in [-0.4, -0.2) is 43.4 Å². The third kappa shape index (κ3) is 2.91. The monoisotopic (exact) mass is 311 g/mol. The summed E-state index contributed by atoms with van der Waals surface area (Å²) < 4.78 is 28.8. The van der Waals surface area contributed by atoms with Crippen molar-refractivity contribution in [2.75, 3.05) is 31.1 Å². The van der Waals surface area contributed by atoms with Gasteiger partial charge in [0.2, 0.25) is 5.91 Å². The molecule has 2 aliphatic rings. The Morgan fingerprint density at radius 2 is 1.77 bits per heavy atom. The molecule has 2 heterocycles. The number of halogens is 2. The number of hydrogen-bond donors (Lipinski definition) is 3. The zero-order valence-electron chi connectivity index (χ0n) is 12.1. The van der Waals surface area contributed by atoms with E-state index in [1.807, 2.05) is 4.90 Å². The molecule has 3 rings (SSSR count). The maximum atomic E-state index is 14.4. The quantitative estimate of drug-likeness (QED) is 0.752. The fraction of sp³-hybridized carbons (Fsp3) is 0.533. The van der Waals surface area contributed by atoms with Crippen LogP contribution < -0.4 is 15.5 Å². The number of carbonyl (C=O) groups is 1. The van der Waals surface area contributed by atoms with Gasteiger partial charge in [-0.3, -0.25) is 4.79 Å². The van der Waals surface area contributed by atoms with Gasteiger partial charge in [0.1, 0.15) is 17.9 Å². The predicted molar refractivity (Wildman–Crippen MR) is 77.6 cm³/mol. The van der Waals surface area contributed by atoms with Crippen molar-refractivity contribution in [3.05, 3.63) is 29.3 Å². The maximum Gasteiger partial charge on any atom is 0.229 e. The maximum absolute atomic E-state index is 14.4. The van der Waals surface area contributed by atoms with E-state index in [1.54, 1.807) is 0 Å². The molecule has 120 valence electrons. The second kappa shape index (κ2) is 6.18. The molecule has 2 fully saturated rings. The number of carbonyl (C=O) groups excluding carboxylic acids is 1. The van der Waals surface area contributed by atoms with E-state index >= 15 is 0 Å². The highest BCUT2D eigenvalue weighted by Gasteiger charge is 2.32. The molecule has 0 aromatic heterocycles. The SMILES string of the molecule is O=C1NC(O)CCC1c1c(F)cc(N2CCNCC2)cc1F. The van der Waals surface area contributed by atoms with Crippen molar-refractivity contribution < 1.29 is 18.7 Å². The molecule has 2 unspecified atom stereocenters. The van der Waals surface area contributed by atoms with Gasteiger partial charge in [-0.1, -0.05) is 0 Å². The van der Waals surface area contributed by atoms with E-state index in [9.17, 15) is 18.7 Å². The number of piperidine rings is 1. The minimum Gasteiger partial charge on any atom is -0.374 e. The number of anilines is 1. The minimum absolute atomic E-state index is 0.205. The Morgan fingerprint density at radius 1 is 1.14 bits per heavy atom. The molecule has 3 N–H and O–H groups in total. The average molecular weight is 311 g/mol. The van der Waals surface area contributed by atoms with Crippen molar-refractivity contribution in [2.24, 2.45) is 0 Å². The standard InChI is InChI=1S/C15H19F2N3O2/c16-11-7-9(20-5-3-18-4-6-20)8-12(17)14(11)10-1-2-13(21)19-15(10)22/h7-8,10,13,18,21H,1-6H2,(H,19,22). The molecular weight excluding hydrogens is 292 g/mol. The Labute approximate surface area is 127 Å². The highest BCUT2D eigenvalue weighted by Crippen LogP contribution is 2.32. The molecule has 1 aromatic rings. The van der Waals surface area contributed by atoms with Crippen LogP contribution in [0, 0.1) is 11.6 Å². The lowest BCUT2D eigenvalue weighted by atomic mass is 9.89. The highest BCUT2D eigenvalue weighted by atomic mass is 19.1. The Hall–Kier alpha value is -1.73. The third-order valence-electron chi connectivity index (χ3n) is 4.25. The molecule has 0 aliphatic carbocycles. The first kappa shape index (κ1) is 15.2. The number of amides is 1. The van der Waals surface area contributed by atoms with Crippen molar-refractivity contribution in [3.8, 4) is 0 Å². The molecule has 0 saturated carbocycles. The molecule has 22 heavy (non-hydrogen) atoms. The molecule has 2 atom stereocenters. The van der Waals surface area contributed by atoms with Crippen LogP contribution in [0.4, 0.5) is 14.5 Å². The molecule has 0 bridgehead atoms. The van der Waals surface area contributed by atoms with E-state index in [0.717, 1.165) is 13.1 Å². The number of nitrogens with zero attached hydrogens (tertiary/aromatic N) is 1. The van der Waals surface area contributed by atoms with Crippen LogP contribution in [0.2, 0.25) is 0 Å². The Bertz CT molecular complexity index is 553. The number of rotatable bonds is 2. The average Bonchev–Trinajstić information content (AvgIpc) is 2.49. The van der Waals surface area contributed by atoms with E-state index < -0.39 is 29.7 Å². The summed E-state index contributed by atoms with van der Waals surface area (Å²) in [5.74, 6) is -2.83. The first-order valence-corrected chi connectivity index (χ1v) is 7.49. The minimum atomic E-state index is -0.935. The molecular formula is C15H19F2N3O2. The molecule has 7 heteroatoms. The number of benzene rings is 1. The Morgan fingerprint density at radius 3 is 2.36 bits per heavy atom. The molecule has 1 amide bonds. The van der Waals surface area contributed by atoms with E-state index in [0.29, 0.717) is 18.8 Å². The molecule has 0 radical (unpaired) electrons. The van der Waals surface area contributed by atoms with Gasteiger partial charge in [-0.25, -0.2) is 8.78 Å². The summed E-state index contributed by atoms with van der Waals surface area (Å²) in [6, 6.07) is 2.59. The first-order chi connectivity index (χ1) is 10.6. The molecule has 5 nitrogen and oxygen atoms in total.